The van der Waals surface area contributed by atoms with Crippen LogP contribution < -0.4 is 5.32 Å². The second-order valence-electron chi connectivity index (χ2n) is 5.79. The van der Waals surface area contributed by atoms with Gasteiger partial charge in [0.05, 0.1) is 0 Å². The molecule has 1 fully saturated rings. The van der Waals surface area contributed by atoms with Gasteiger partial charge >= 0.3 is 0 Å². The van der Waals surface area contributed by atoms with Gasteiger partial charge in [-0.25, -0.2) is 0 Å². The summed E-state index contributed by atoms with van der Waals surface area (Å²) in [5.74, 6) is 0. The molecular formula is C14H30N2. The van der Waals surface area contributed by atoms with Gasteiger partial charge in [-0.3, -0.25) is 0 Å². The number of rotatable bonds is 7. The van der Waals surface area contributed by atoms with Crippen LogP contribution in [0.5, 0.6) is 0 Å². The van der Waals surface area contributed by atoms with E-state index < -0.39 is 0 Å². The van der Waals surface area contributed by atoms with Crippen molar-refractivity contribution in [1.82, 2.24) is 10.2 Å². The predicted molar refractivity (Wildman–Crippen MR) is 71.8 cm³/mol. The summed E-state index contributed by atoms with van der Waals surface area (Å²) in [7, 11) is 0. The van der Waals surface area contributed by atoms with Gasteiger partial charge in [-0.15, -0.1) is 0 Å². The molecule has 0 saturated heterocycles. The molecule has 0 radical (unpaired) electrons. The zero-order valence-corrected chi connectivity index (χ0v) is 11.7. The van der Waals surface area contributed by atoms with Crippen LogP contribution in [0.4, 0.5) is 0 Å². The van der Waals surface area contributed by atoms with E-state index in [1.165, 1.54) is 51.9 Å². The lowest BCUT2D eigenvalue weighted by molar-refractivity contribution is 0.244. The molecule has 2 heteroatoms. The minimum Gasteiger partial charge on any atom is -0.312 e. The molecule has 0 amide bonds. The van der Waals surface area contributed by atoms with E-state index in [1.54, 1.807) is 0 Å². The Morgan fingerprint density at radius 3 is 2.25 bits per heavy atom. The van der Waals surface area contributed by atoms with Crippen LogP contribution in [0.2, 0.25) is 0 Å². The lowest BCUT2D eigenvalue weighted by Crippen LogP contribution is -2.42. The molecule has 0 aromatic carbocycles. The number of hydrogen-bond acceptors (Lipinski definition) is 2. The van der Waals surface area contributed by atoms with Crippen LogP contribution in [0.1, 0.15) is 53.4 Å². The summed E-state index contributed by atoms with van der Waals surface area (Å²) in [6.45, 7) is 14.0. The van der Waals surface area contributed by atoms with Crippen molar-refractivity contribution in [3.8, 4) is 0 Å². The van der Waals surface area contributed by atoms with Crippen molar-refractivity contribution in [3.63, 3.8) is 0 Å². The van der Waals surface area contributed by atoms with Gasteiger partial charge in [0.1, 0.15) is 0 Å². The molecule has 1 aliphatic carbocycles. The molecule has 0 aromatic rings. The van der Waals surface area contributed by atoms with Crippen LogP contribution in [-0.4, -0.2) is 37.1 Å². The molecule has 1 unspecified atom stereocenters. The summed E-state index contributed by atoms with van der Waals surface area (Å²) in [6, 6.07) is 0.623. The molecule has 0 spiro atoms. The normalized spacial score (nSPS) is 21.6. The van der Waals surface area contributed by atoms with E-state index in [2.05, 4.69) is 37.9 Å². The highest BCUT2D eigenvalue weighted by Gasteiger charge is 2.28. The van der Waals surface area contributed by atoms with Gasteiger partial charge in [0.25, 0.3) is 0 Å². The van der Waals surface area contributed by atoms with Crippen molar-refractivity contribution in [3.05, 3.63) is 0 Å². The fraction of sp³-hybridized carbons (Fsp3) is 1.00. The molecule has 1 rings (SSSR count). The summed E-state index contributed by atoms with van der Waals surface area (Å²) in [6.07, 6.45) is 5.70. The second-order valence-corrected chi connectivity index (χ2v) is 5.79. The third-order valence-electron chi connectivity index (χ3n) is 4.11. The molecule has 2 nitrogen and oxygen atoms in total. The summed E-state index contributed by atoms with van der Waals surface area (Å²) >= 11 is 0. The monoisotopic (exact) mass is 226 g/mol. The van der Waals surface area contributed by atoms with E-state index in [-0.39, 0.29) is 0 Å². The van der Waals surface area contributed by atoms with Crippen molar-refractivity contribution in [2.75, 3.05) is 26.2 Å². The molecule has 1 aliphatic rings. The maximum absolute atomic E-state index is 3.72. The minimum absolute atomic E-state index is 0.581. The van der Waals surface area contributed by atoms with Crippen LogP contribution >= 0.6 is 0 Å². The summed E-state index contributed by atoms with van der Waals surface area (Å²) < 4.78 is 0. The fourth-order valence-electron chi connectivity index (χ4n) is 2.76. The molecule has 0 aromatic heterocycles. The smallest absolute Gasteiger partial charge is 0.0166 e. The van der Waals surface area contributed by atoms with Crippen molar-refractivity contribution in [2.24, 2.45) is 5.41 Å². The van der Waals surface area contributed by atoms with E-state index in [0.29, 0.717) is 11.5 Å². The van der Waals surface area contributed by atoms with E-state index in [0.717, 1.165) is 0 Å². The number of nitrogens with zero attached hydrogens (tertiary/aromatic N) is 1. The molecule has 0 aliphatic heterocycles. The number of likely N-dealkylation sites (N-methyl/N-ethyl adjacent to an activating group) is 1. The first-order valence-electron chi connectivity index (χ1n) is 7.05. The highest BCUT2D eigenvalue weighted by Crippen LogP contribution is 2.36. The van der Waals surface area contributed by atoms with Crippen LogP contribution in [0.25, 0.3) is 0 Å². The average Bonchev–Trinajstić information content (AvgIpc) is 2.71. The van der Waals surface area contributed by atoms with Gasteiger partial charge in [0.2, 0.25) is 0 Å². The highest BCUT2D eigenvalue weighted by molar-refractivity contribution is 4.83. The maximum Gasteiger partial charge on any atom is 0.0166 e. The fourth-order valence-corrected chi connectivity index (χ4v) is 2.76. The van der Waals surface area contributed by atoms with Gasteiger partial charge in [0.15, 0.2) is 0 Å². The van der Waals surface area contributed by atoms with E-state index in [1.807, 2.05) is 0 Å². The Balaban J connectivity index is 2.21. The van der Waals surface area contributed by atoms with E-state index in [9.17, 15) is 0 Å². The zero-order valence-electron chi connectivity index (χ0n) is 11.7. The van der Waals surface area contributed by atoms with Crippen molar-refractivity contribution in [2.45, 2.75) is 59.4 Å². The van der Waals surface area contributed by atoms with Gasteiger partial charge < -0.3 is 10.2 Å². The number of nitrogens with one attached hydrogen (secondary N) is 1. The summed E-state index contributed by atoms with van der Waals surface area (Å²) in [4.78, 5) is 2.49. The topological polar surface area (TPSA) is 15.3 Å². The SMILES string of the molecule is CCN(CC)CC(C)NCC1(C)CCCC1. The summed E-state index contributed by atoms with van der Waals surface area (Å²) in [5.41, 5.74) is 0.581. The standard InChI is InChI=1S/C14H30N2/c1-5-16(6-2)11-13(3)15-12-14(4)9-7-8-10-14/h13,15H,5-12H2,1-4H3. The van der Waals surface area contributed by atoms with Crippen LogP contribution in [0, 0.1) is 5.41 Å². The van der Waals surface area contributed by atoms with Gasteiger partial charge in [0, 0.05) is 19.1 Å². The van der Waals surface area contributed by atoms with Crippen molar-refractivity contribution in [1.29, 1.82) is 0 Å². The van der Waals surface area contributed by atoms with Gasteiger partial charge in [-0.1, -0.05) is 33.6 Å². The third-order valence-corrected chi connectivity index (χ3v) is 4.11. The Labute approximate surface area is 102 Å². The molecule has 16 heavy (non-hydrogen) atoms. The zero-order chi connectivity index (χ0) is 12.0. The highest BCUT2D eigenvalue weighted by atomic mass is 15.1. The molecule has 1 N–H and O–H groups in total. The third kappa shape index (κ3) is 4.42. The Morgan fingerprint density at radius 1 is 1.19 bits per heavy atom. The van der Waals surface area contributed by atoms with E-state index >= 15 is 0 Å². The Bertz CT molecular complexity index is 181. The Hall–Kier alpha value is -0.0800. The van der Waals surface area contributed by atoms with Crippen molar-refractivity contribution < 1.29 is 0 Å². The largest absolute Gasteiger partial charge is 0.312 e. The first kappa shape index (κ1) is 14.0. The number of hydrogen-bond donors (Lipinski definition) is 1. The first-order valence-corrected chi connectivity index (χ1v) is 7.05. The second kappa shape index (κ2) is 6.61. The first-order chi connectivity index (χ1) is 7.59. The quantitative estimate of drug-likeness (QED) is 0.718. The lowest BCUT2D eigenvalue weighted by Gasteiger charge is -2.29. The molecule has 96 valence electrons. The average molecular weight is 226 g/mol. The molecule has 1 atom stereocenters. The molecule has 1 saturated carbocycles. The molecule has 0 heterocycles. The van der Waals surface area contributed by atoms with Gasteiger partial charge in [-0.05, 0) is 38.3 Å². The van der Waals surface area contributed by atoms with Crippen LogP contribution in [0.3, 0.4) is 0 Å². The lowest BCUT2D eigenvalue weighted by atomic mass is 9.89. The summed E-state index contributed by atoms with van der Waals surface area (Å²) in [5, 5.41) is 3.72. The molecular weight excluding hydrogens is 196 g/mol. The predicted octanol–water partition coefficient (Wildman–Crippen LogP) is 2.89. The Kier molecular flexibility index (Phi) is 5.77. The van der Waals surface area contributed by atoms with E-state index in [4.69, 9.17) is 0 Å². The maximum atomic E-state index is 3.72. The van der Waals surface area contributed by atoms with Crippen LogP contribution in [0.15, 0.2) is 0 Å². The van der Waals surface area contributed by atoms with Crippen molar-refractivity contribution >= 4 is 0 Å². The minimum atomic E-state index is 0.581. The molecule has 0 bridgehead atoms. The van der Waals surface area contributed by atoms with Gasteiger partial charge in [-0.2, -0.15) is 0 Å². The Morgan fingerprint density at radius 2 is 1.75 bits per heavy atom. The van der Waals surface area contributed by atoms with Crippen LogP contribution in [-0.2, 0) is 0 Å².